The van der Waals surface area contributed by atoms with E-state index in [1.165, 1.54) is 11.3 Å². The van der Waals surface area contributed by atoms with Gasteiger partial charge in [0, 0.05) is 0 Å². The Morgan fingerprint density at radius 2 is 2.09 bits per heavy atom. The minimum atomic E-state index is -0.833. The number of hydrogen-bond acceptors (Lipinski definition) is 4. The molecule has 0 aliphatic rings. The number of hydrogen-bond donors (Lipinski definition) is 1. The molecular formula is C15H8FN3O2S. The van der Waals surface area contributed by atoms with Crippen LogP contribution in [-0.4, -0.2) is 15.3 Å². The number of nitrogens with zero attached hydrogens (tertiary/aromatic N) is 2. The molecule has 0 saturated carbocycles. The van der Waals surface area contributed by atoms with E-state index in [0.717, 1.165) is 22.5 Å². The van der Waals surface area contributed by atoms with Gasteiger partial charge in [0.15, 0.2) is 0 Å². The minimum Gasteiger partial charge on any atom is -0.365 e. The molecule has 1 aromatic carbocycles. The van der Waals surface area contributed by atoms with Crippen LogP contribution in [0.25, 0.3) is 26.1 Å². The van der Waals surface area contributed by atoms with Crippen LogP contribution in [0.3, 0.4) is 0 Å². The van der Waals surface area contributed by atoms with Gasteiger partial charge in [0.05, 0.1) is 21.8 Å². The summed E-state index contributed by atoms with van der Waals surface area (Å²) in [5.74, 6) is -1.47. The number of halogens is 1. The molecule has 4 rings (SSSR count). The van der Waals surface area contributed by atoms with Gasteiger partial charge in [-0.3, -0.25) is 14.0 Å². The molecule has 22 heavy (non-hydrogen) atoms. The van der Waals surface area contributed by atoms with E-state index in [1.54, 1.807) is 4.40 Å². The lowest BCUT2D eigenvalue weighted by Gasteiger charge is -2.05. The fourth-order valence-corrected chi connectivity index (χ4v) is 3.78. The van der Waals surface area contributed by atoms with E-state index in [1.807, 2.05) is 24.3 Å². The zero-order valence-corrected chi connectivity index (χ0v) is 11.9. The summed E-state index contributed by atoms with van der Waals surface area (Å²) in [7, 11) is 0. The van der Waals surface area contributed by atoms with Gasteiger partial charge in [-0.25, -0.2) is 9.37 Å². The first-order chi connectivity index (χ1) is 10.6. The van der Waals surface area contributed by atoms with Gasteiger partial charge in [0.2, 0.25) is 5.43 Å². The van der Waals surface area contributed by atoms with Crippen LogP contribution in [0, 0.1) is 5.82 Å². The zero-order chi connectivity index (χ0) is 15.4. The first-order valence-corrected chi connectivity index (χ1v) is 7.21. The molecule has 1 amide bonds. The third-order valence-electron chi connectivity index (χ3n) is 3.49. The van der Waals surface area contributed by atoms with Crippen LogP contribution < -0.4 is 11.2 Å². The lowest BCUT2D eigenvalue weighted by atomic mass is 10.2. The van der Waals surface area contributed by atoms with Crippen molar-refractivity contribution in [3.63, 3.8) is 0 Å². The molecular weight excluding hydrogens is 305 g/mol. The maximum absolute atomic E-state index is 13.5. The standard InChI is InChI=1S/C15H8FN3O2S/c16-7-5-8-12(20)11(13(17)21)15-19(14(8)18-6-7)9-3-1-2-4-10(9)22-15/h1-6H,(H2,17,21). The average molecular weight is 313 g/mol. The molecule has 5 nitrogen and oxygen atoms in total. The van der Waals surface area contributed by atoms with E-state index in [2.05, 4.69) is 4.98 Å². The lowest BCUT2D eigenvalue weighted by molar-refractivity contribution is 0.100. The maximum atomic E-state index is 13.5. The Morgan fingerprint density at radius 3 is 2.86 bits per heavy atom. The van der Waals surface area contributed by atoms with Gasteiger partial charge in [-0.1, -0.05) is 12.1 Å². The second kappa shape index (κ2) is 4.35. The number of primary amides is 1. The van der Waals surface area contributed by atoms with Crippen LogP contribution in [0.4, 0.5) is 4.39 Å². The van der Waals surface area contributed by atoms with Gasteiger partial charge < -0.3 is 5.73 Å². The monoisotopic (exact) mass is 313 g/mol. The summed E-state index contributed by atoms with van der Waals surface area (Å²) in [5, 5.41) is 0.0369. The largest absolute Gasteiger partial charge is 0.365 e. The van der Waals surface area contributed by atoms with Crippen molar-refractivity contribution in [2.75, 3.05) is 0 Å². The normalized spacial score (nSPS) is 11.5. The van der Waals surface area contributed by atoms with Crippen LogP contribution >= 0.6 is 11.3 Å². The summed E-state index contributed by atoms with van der Waals surface area (Å²) in [6.07, 6.45) is 1.05. The fraction of sp³-hybridized carbons (Fsp3) is 0. The third-order valence-corrected chi connectivity index (χ3v) is 4.64. The number of pyridine rings is 2. The molecule has 0 spiro atoms. The van der Waals surface area contributed by atoms with Crippen molar-refractivity contribution in [3.8, 4) is 0 Å². The van der Waals surface area contributed by atoms with Gasteiger partial charge in [0.1, 0.15) is 21.9 Å². The number of thiazole rings is 1. The number of carbonyl (C=O) groups excluding carboxylic acids is 1. The highest BCUT2D eigenvalue weighted by molar-refractivity contribution is 7.24. The van der Waals surface area contributed by atoms with E-state index in [0.29, 0.717) is 10.5 Å². The molecule has 0 radical (unpaired) electrons. The predicted octanol–water partition coefficient (Wildman–Crippen LogP) is 2.30. The molecule has 0 fully saturated rings. The lowest BCUT2D eigenvalue weighted by Crippen LogP contribution is -2.23. The molecule has 3 heterocycles. The number of rotatable bonds is 1. The summed E-state index contributed by atoms with van der Waals surface area (Å²) < 4.78 is 16.0. The van der Waals surface area contributed by atoms with Crippen molar-refractivity contribution >= 4 is 43.3 Å². The summed E-state index contributed by atoms with van der Waals surface area (Å²) in [5.41, 5.74) is 5.73. The Bertz CT molecular complexity index is 1150. The van der Waals surface area contributed by atoms with E-state index < -0.39 is 17.2 Å². The molecule has 2 N–H and O–H groups in total. The highest BCUT2D eigenvalue weighted by Gasteiger charge is 2.20. The number of aromatic nitrogens is 2. The Labute approximate surface area is 126 Å². The number of nitrogens with two attached hydrogens (primary N) is 1. The van der Waals surface area contributed by atoms with E-state index in [4.69, 9.17) is 5.73 Å². The smallest absolute Gasteiger partial charge is 0.255 e. The average Bonchev–Trinajstić information content (AvgIpc) is 2.86. The molecule has 0 aliphatic carbocycles. The van der Waals surface area contributed by atoms with Crippen LogP contribution in [-0.2, 0) is 0 Å². The van der Waals surface area contributed by atoms with Crippen molar-refractivity contribution in [2.45, 2.75) is 0 Å². The van der Waals surface area contributed by atoms with E-state index in [9.17, 15) is 14.0 Å². The molecule has 0 atom stereocenters. The number of carbonyl (C=O) groups is 1. The van der Waals surface area contributed by atoms with Crippen molar-refractivity contribution in [3.05, 3.63) is 58.1 Å². The Kier molecular flexibility index (Phi) is 2.55. The van der Waals surface area contributed by atoms with Gasteiger partial charge in [-0.15, -0.1) is 11.3 Å². The molecule has 0 unspecified atom stereocenters. The number of fused-ring (bicyclic) bond motifs is 5. The Hall–Kier alpha value is -2.80. The molecule has 0 saturated heterocycles. The maximum Gasteiger partial charge on any atom is 0.255 e. The van der Waals surface area contributed by atoms with Crippen molar-refractivity contribution in [2.24, 2.45) is 5.73 Å². The second-order valence-electron chi connectivity index (χ2n) is 4.80. The summed E-state index contributed by atoms with van der Waals surface area (Å²) in [6.45, 7) is 0. The van der Waals surface area contributed by atoms with Gasteiger partial charge in [0.25, 0.3) is 5.91 Å². The Morgan fingerprint density at radius 1 is 1.32 bits per heavy atom. The quantitative estimate of drug-likeness (QED) is 0.586. The highest BCUT2D eigenvalue weighted by atomic mass is 32.1. The first-order valence-electron chi connectivity index (χ1n) is 6.39. The van der Waals surface area contributed by atoms with Crippen LogP contribution in [0.1, 0.15) is 10.4 Å². The molecule has 0 bridgehead atoms. The topological polar surface area (TPSA) is 77.5 Å². The summed E-state index contributed by atoms with van der Waals surface area (Å²) in [4.78, 5) is 28.7. The van der Waals surface area contributed by atoms with E-state index in [-0.39, 0.29) is 10.9 Å². The molecule has 4 aromatic rings. The highest BCUT2D eigenvalue weighted by Crippen LogP contribution is 2.30. The van der Waals surface area contributed by atoms with Crippen LogP contribution in [0.15, 0.2) is 41.3 Å². The fourth-order valence-electron chi connectivity index (χ4n) is 2.59. The number of benzene rings is 1. The second-order valence-corrected chi connectivity index (χ2v) is 5.83. The molecule has 0 aliphatic heterocycles. The van der Waals surface area contributed by atoms with Crippen molar-refractivity contribution in [1.29, 1.82) is 0 Å². The summed E-state index contributed by atoms with van der Waals surface area (Å²) >= 11 is 1.28. The third kappa shape index (κ3) is 1.59. The Balaban J connectivity index is 2.43. The number of para-hydroxylation sites is 1. The van der Waals surface area contributed by atoms with Gasteiger partial charge in [-0.2, -0.15) is 0 Å². The molecule has 7 heteroatoms. The minimum absolute atomic E-state index is 0.0369. The van der Waals surface area contributed by atoms with Crippen molar-refractivity contribution in [1.82, 2.24) is 9.38 Å². The van der Waals surface area contributed by atoms with Crippen molar-refractivity contribution < 1.29 is 9.18 Å². The van der Waals surface area contributed by atoms with Gasteiger partial charge >= 0.3 is 0 Å². The van der Waals surface area contributed by atoms with Crippen LogP contribution in [0.2, 0.25) is 0 Å². The summed E-state index contributed by atoms with van der Waals surface area (Å²) in [6, 6.07) is 8.49. The zero-order valence-electron chi connectivity index (χ0n) is 11.0. The van der Waals surface area contributed by atoms with E-state index >= 15 is 0 Å². The van der Waals surface area contributed by atoms with Gasteiger partial charge in [-0.05, 0) is 18.2 Å². The van der Waals surface area contributed by atoms with Crippen LogP contribution in [0.5, 0.6) is 0 Å². The first kappa shape index (κ1) is 12.9. The number of amides is 1. The predicted molar refractivity (Wildman–Crippen MR) is 82.8 cm³/mol. The molecule has 3 aromatic heterocycles. The molecule has 108 valence electrons. The SMILES string of the molecule is NC(=O)c1c(=O)c2cc(F)cnc2n2c1sc1ccccc12.